The number of thioether (sulfide) groups is 2. The fraction of sp³-hybridized carbons (Fsp3) is 0.722. The zero-order valence-corrected chi connectivity index (χ0v) is 98.9. The SMILES string of the molecule is CC(C)(C)c1cc(CC2CC(N3CCOCC3)C2)ncn1.CC(C)(C)c1cc(CC2CC3(COC3)C2)ncn1.CC(C)(C)c1cc(CCCS(C)(=O)=O)ncn1.CCSCCNc1cc(C(C)(C)C)ncn1.COC1CC(Cc2cc(C(C)(C)C)ncn2)C1.COCCN(CCOC)C1CC(Nc2cc(C(C)(C)C)ncn2)C1.COCCOC1CC(Cc2cc(C(C)(C)C)ncn2)C1.CSCCNc1cc(C(C)(C)C)ncn1. The van der Waals surface area contributed by atoms with Gasteiger partial charge in [0, 0.05) is 227 Å². The predicted molar refractivity (Wildman–Crippen MR) is 606 cm³/mol. The first-order chi connectivity index (χ1) is 69.7. The minimum atomic E-state index is -2.88. The third kappa shape index (κ3) is 45.5. The second-order valence-corrected chi connectivity index (χ2v) is 54.0. The number of nitrogens with zero attached hydrogens (tertiary/aromatic N) is 18. The Hall–Kier alpha value is -7.67. The summed E-state index contributed by atoms with van der Waals surface area (Å²) in [4.78, 5) is 74.4. The first kappa shape index (κ1) is 126. The lowest BCUT2D eigenvalue weighted by Gasteiger charge is -2.53. The van der Waals surface area contributed by atoms with Crippen molar-refractivity contribution < 1.29 is 41.6 Å². The van der Waals surface area contributed by atoms with Gasteiger partial charge in [-0.25, -0.2) is 88.2 Å². The van der Waals surface area contributed by atoms with E-state index in [0.717, 1.165) is 240 Å². The molecule has 8 aromatic heterocycles. The topological polar surface area (TPSA) is 348 Å². The van der Waals surface area contributed by atoms with Gasteiger partial charge < -0.3 is 49.1 Å². The van der Waals surface area contributed by atoms with E-state index in [2.05, 4.69) is 315 Å². The number of hydrogen-bond donors (Lipinski definition) is 3. The highest BCUT2D eigenvalue weighted by atomic mass is 32.2. The van der Waals surface area contributed by atoms with Gasteiger partial charge in [-0.15, -0.1) is 0 Å². The molecule has 1 spiro atoms. The Bertz CT molecular complexity index is 5240. The molecule has 15 rings (SSSR count). The molecule has 7 aliphatic rings. The number of aromatic nitrogens is 16. The molecule has 0 radical (unpaired) electrons. The Morgan fingerprint density at radius 1 is 0.412 bits per heavy atom. The molecular formula is C115H189N21O9S3. The van der Waals surface area contributed by atoms with E-state index in [1.54, 1.807) is 79.1 Å². The molecular weight excluding hydrogens is 1920 g/mol. The van der Waals surface area contributed by atoms with Crippen LogP contribution in [0.25, 0.3) is 0 Å². The summed E-state index contributed by atoms with van der Waals surface area (Å²) in [5.41, 5.74) is 15.6. The molecule has 8 aromatic rings. The zero-order valence-electron chi connectivity index (χ0n) is 96.4. The van der Waals surface area contributed by atoms with E-state index in [-0.39, 0.29) is 49.1 Å². The lowest BCUT2D eigenvalue weighted by Crippen LogP contribution is -2.52. The Kier molecular flexibility index (Phi) is 50.6. The van der Waals surface area contributed by atoms with Crippen molar-refractivity contribution in [3.63, 3.8) is 0 Å². The molecule has 3 N–H and O–H groups in total. The molecule has 2 aliphatic heterocycles. The molecule has 826 valence electrons. The number of anilines is 3. The van der Waals surface area contributed by atoms with Crippen LogP contribution in [-0.2, 0) is 118 Å². The van der Waals surface area contributed by atoms with Crippen molar-refractivity contribution in [2.45, 2.75) is 349 Å². The third-order valence-corrected chi connectivity index (χ3v) is 30.2. The number of sulfone groups is 1. The van der Waals surface area contributed by atoms with Gasteiger partial charge in [0.15, 0.2) is 0 Å². The quantitative estimate of drug-likeness (QED) is 0.0307. The summed E-state index contributed by atoms with van der Waals surface area (Å²) in [5.74, 6) is 9.39. The minimum Gasteiger partial charge on any atom is -0.383 e. The zero-order chi connectivity index (χ0) is 109. The minimum absolute atomic E-state index is 0.00543. The summed E-state index contributed by atoms with van der Waals surface area (Å²) in [7, 11) is 4.13. The lowest BCUT2D eigenvalue weighted by molar-refractivity contribution is -0.178. The van der Waals surface area contributed by atoms with Crippen LogP contribution in [0.2, 0.25) is 0 Å². The highest BCUT2D eigenvalue weighted by Crippen LogP contribution is 2.52. The smallest absolute Gasteiger partial charge is 0.147 e. The van der Waals surface area contributed by atoms with Gasteiger partial charge in [-0.3, -0.25) is 9.80 Å². The summed E-state index contributed by atoms with van der Waals surface area (Å²) in [6.45, 7) is 66.9. The standard InChI is InChI=1S/C18H32N4O2.C17H27N3O.C16H26N2O2.C15H22N2O.C14H22N2O.C12H21N3S.C12H20N2O2S.C11H19N3S/c1-18(2,3)16-12-17(20-13-19-16)21-14-10-15(11-14)22(6-8-23-4)7-9-24-5;1-17(2,3)16-11-14(18-12-19-16)8-13-9-15(10-13)20-4-6-21-7-5-20;1-16(2,3)15-10-13(17-11-18-15)7-12-8-14(9-12)20-6-5-19-4;1-14(2,3)13-5-12(16-10-17-13)4-11-6-15(7-11)8-18-9-15;1-14(2,3)13-8-11(15-9-16-13)5-10-6-12(7-10)17-4;1-5-16-7-6-13-11-8-10(12(2,3)4)14-9-15-11;1-12(2,3)11-8-10(13-9-14-11)6-5-7-17(4,15)16;1-11(2,3)9-7-10(14-8-13-9)12-5-6-15-4/h12-15H,6-11H2,1-5H3,(H,19,20,21);11-13,15H,4-10H2,1-3H3;10-12,14H,5-9H2,1-4H3;5,10-11H,4,6-9H2,1-3H3;8-10,12H,5-7H2,1-4H3;8-9H,5-7H2,1-4H3,(H,13,14,15);8-9H,5-7H2,1-4H3;7-8H,5-6H2,1-4H3,(H,12,13,14). The fourth-order valence-electron chi connectivity index (χ4n) is 18.0. The van der Waals surface area contributed by atoms with Gasteiger partial charge in [0.25, 0.3) is 0 Å². The van der Waals surface area contributed by atoms with E-state index in [1.807, 2.05) is 41.7 Å². The van der Waals surface area contributed by atoms with Crippen LogP contribution in [0.4, 0.5) is 17.5 Å². The Balaban J connectivity index is 0.000000207. The van der Waals surface area contributed by atoms with Crippen molar-refractivity contribution in [3.05, 3.63) is 173 Å². The predicted octanol–water partition coefficient (Wildman–Crippen LogP) is 20.2. The van der Waals surface area contributed by atoms with Crippen LogP contribution in [0.3, 0.4) is 0 Å². The molecule has 7 fully saturated rings. The van der Waals surface area contributed by atoms with Gasteiger partial charge in [-0.05, 0) is 169 Å². The van der Waals surface area contributed by atoms with Crippen LogP contribution in [0, 0.1) is 29.1 Å². The fourth-order valence-corrected chi connectivity index (χ4v) is 19.5. The summed E-state index contributed by atoms with van der Waals surface area (Å²) in [6, 6.07) is 18.6. The first-order valence-electron chi connectivity index (χ1n) is 53.9. The van der Waals surface area contributed by atoms with E-state index in [9.17, 15) is 8.42 Å². The number of ether oxygens (including phenoxy) is 7. The van der Waals surface area contributed by atoms with Crippen molar-refractivity contribution in [2.75, 3.05) is 172 Å². The summed E-state index contributed by atoms with van der Waals surface area (Å²) in [5, 5.41) is 10.2. The average Bonchev–Trinajstić information content (AvgIpc) is 0.756. The van der Waals surface area contributed by atoms with E-state index < -0.39 is 9.84 Å². The maximum atomic E-state index is 11.0. The van der Waals surface area contributed by atoms with Gasteiger partial charge in [-0.1, -0.05) is 173 Å². The van der Waals surface area contributed by atoms with Crippen LogP contribution >= 0.6 is 23.5 Å². The van der Waals surface area contributed by atoms with E-state index in [4.69, 9.17) is 33.2 Å². The molecule has 10 heterocycles. The Labute approximate surface area is 899 Å². The molecule has 30 nitrogen and oxygen atoms in total. The molecule has 2 saturated heterocycles. The van der Waals surface area contributed by atoms with Crippen molar-refractivity contribution in [3.8, 4) is 0 Å². The molecule has 0 aromatic carbocycles. The summed E-state index contributed by atoms with van der Waals surface area (Å²) >= 11 is 3.76. The molecule has 5 saturated carbocycles. The van der Waals surface area contributed by atoms with Crippen LogP contribution in [0.1, 0.15) is 318 Å². The van der Waals surface area contributed by atoms with Gasteiger partial charge in [-0.2, -0.15) is 23.5 Å². The van der Waals surface area contributed by atoms with Crippen molar-refractivity contribution in [1.82, 2.24) is 89.5 Å². The van der Waals surface area contributed by atoms with Crippen LogP contribution in [0.15, 0.2) is 99.1 Å². The second kappa shape index (κ2) is 59.7. The molecule has 0 bridgehead atoms. The second-order valence-electron chi connectivity index (χ2n) is 49.3. The van der Waals surface area contributed by atoms with Gasteiger partial charge in [0.2, 0.25) is 0 Å². The monoisotopic (exact) mass is 2100 g/mol. The van der Waals surface area contributed by atoms with E-state index in [0.29, 0.717) is 61.7 Å². The van der Waals surface area contributed by atoms with Crippen molar-refractivity contribution >= 4 is 50.8 Å². The first-order valence-corrected chi connectivity index (χ1v) is 58.6. The van der Waals surface area contributed by atoms with Crippen LogP contribution in [-0.4, -0.2) is 284 Å². The molecule has 33 heteroatoms. The normalized spacial score (nSPS) is 19.8. The van der Waals surface area contributed by atoms with E-state index in [1.165, 1.54) is 67.6 Å². The number of morpholine rings is 1. The van der Waals surface area contributed by atoms with Gasteiger partial charge in [0.05, 0.1) is 87.9 Å². The van der Waals surface area contributed by atoms with Gasteiger partial charge >= 0.3 is 0 Å². The van der Waals surface area contributed by atoms with Crippen molar-refractivity contribution in [1.29, 1.82) is 0 Å². The third-order valence-electron chi connectivity index (χ3n) is 27.6. The largest absolute Gasteiger partial charge is 0.383 e. The molecule has 0 amide bonds. The van der Waals surface area contributed by atoms with Crippen LogP contribution < -0.4 is 16.0 Å². The summed E-state index contributed by atoms with van der Waals surface area (Å²) in [6.07, 6.45) is 35.3. The highest BCUT2D eigenvalue weighted by molar-refractivity contribution is 7.99. The average molecular weight is 2110 g/mol. The molecule has 0 unspecified atom stereocenters. The molecule has 0 atom stereocenters. The number of methoxy groups -OCH3 is 4. The maximum absolute atomic E-state index is 11.0. The molecule has 5 aliphatic carbocycles. The maximum Gasteiger partial charge on any atom is 0.147 e. The summed E-state index contributed by atoms with van der Waals surface area (Å²) < 4.78 is 59.2. The van der Waals surface area contributed by atoms with E-state index >= 15 is 0 Å². The molecule has 148 heavy (non-hydrogen) atoms. The number of hydrogen-bond acceptors (Lipinski definition) is 32. The lowest BCUT2D eigenvalue weighted by atomic mass is 9.59. The number of aryl methyl sites for hydroxylation is 1. The Morgan fingerprint density at radius 3 is 1.11 bits per heavy atom. The van der Waals surface area contributed by atoms with Gasteiger partial charge in [0.1, 0.15) is 77.9 Å². The van der Waals surface area contributed by atoms with Crippen LogP contribution in [0.5, 0.6) is 0 Å². The number of rotatable bonds is 36. The Morgan fingerprint density at radius 2 is 0.757 bits per heavy atom. The highest BCUT2D eigenvalue weighted by Gasteiger charge is 2.50. The van der Waals surface area contributed by atoms with Crippen molar-refractivity contribution in [2.24, 2.45) is 29.1 Å². The number of nitrogens with one attached hydrogen (secondary N) is 3.